The molecule has 0 atom stereocenters. The summed E-state index contributed by atoms with van der Waals surface area (Å²) in [6, 6.07) is 35.8. The van der Waals surface area contributed by atoms with Gasteiger partial charge in [-0.3, -0.25) is 19.2 Å². The molecule has 0 saturated carbocycles. The van der Waals surface area contributed by atoms with Crippen molar-refractivity contribution in [3.05, 3.63) is 166 Å². The second-order valence-electron chi connectivity index (χ2n) is 13.9. The Morgan fingerprint density at radius 1 is 0.328 bits per heavy atom. The molecule has 0 fully saturated rings. The van der Waals surface area contributed by atoms with Crippen molar-refractivity contribution in [2.75, 3.05) is 0 Å². The van der Waals surface area contributed by atoms with Crippen LogP contribution >= 0.6 is 46.4 Å². The van der Waals surface area contributed by atoms with Gasteiger partial charge in [-0.05, 0) is 166 Å². The fourth-order valence-corrected chi connectivity index (χ4v) is 8.00. The summed E-state index contributed by atoms with van der Waals surface area (Å²) >= 11 is 23.4. The Hall–Kier alpha value is -5.29. The average Bonchev–Trinajstić information content (AvgIpc) is 4.10. The van der Waals surface area contributed by atoms with Gasteiger partial charge in [-0.15, -0.1) is 0 Å². The molecule has 9 rings (SSSR count). The standard InChI is InChI=1S/C48H26Cl4N4O4.3ClH.Mn/c49-45(57)29-9-1-25(2-10-29)41-33-17-19-35(53-33)42(26-3-11-30(12-4-26)46(50)58)37-21-23-39(55-37)44(28-7-15-32(16-8-28)48(52)60)40-24-22-38(56-40)43(36-20-18-34(41)54-36)27-5-13-31(14-6-27)47(51)59;;;;/h1-24,53,56H;3*1H;/q;;;;+3/p-3. The van der Waals surface area contributed by atoms with Crippen LogP contribution in [-0.2, 0) is 17.1 Å². The number of nitrogens with zero attached hydrogens (tertiary/aromatic N) is 2. The van der Waals surface area contributed by atoms with E-state index in [4.69, 9.17) is 56.4 Å². The van der Waals surface area contributed by atoms with Gasteiger partial charge in [-0.2, -0.15) is 0 Å². The molecule has 0 radical (unpaired) electrons. The Kier molecular flexibility index (Phi) is 16.1. The zero-order valence-corrected chi connectivity index (χ0v) is 38.9. The minimum atomic E-state index is -0.572. The molecule has 4 aromatic carbocycles. The van der Waals surface area contributed by atoms with E-state index in [9.17, 15) is 19.2 Å². The molecule has 3 aromatic heterocycles. The number of aromatic amines is 2. The van der Waals surface area contributed by atoms with E-state index in [0.29, 0.717) is 45.0 Å². The van der Waals surface area contributed by atoms with Gasteiger partial charge in [-0.25, -0.2) is 9.97 Å². The second-order valence-corrected chi connectivity index (χ2v) is 15.3. The first-order valence-electron chi connectivity index (χ1n) is 18.4. The monoisotopic (exact) mass is 1020 g/mol. The van der Waals surface area contributed by atoms with E-state index in [0.717, 1.165) is 66.6 Å². The minimum Gasteiger partial charge on any atom is -1.00 e. The molecule has 64 heavy (non-hydrogen) atoms. The Morgan fingerprint density at radius 2 is 0.516 bits per heavy atom. The van der Waals surface area contributed by atoms with Gasteiger partial charge in [0.15, 0.2) is 0 Å². The predicted molar refractivity (Wildman–Crippen MR) is 241 cm³/mol. The van der Waals surface area contributed by atoms with Crippen molar-refractivity contribution in [3.8, 4) is 44.5 Å². The van der Waals surface area contributed by atoms with E-state index in [-0.39, 0.29) is 54.3 Å². The number of fused-ring (bicyclic) bond motifs is 8. The molecule has 0 saturated heterocycles. The van der Waals surface area contributed by atoms with Crippen molar-refractivity contribution in [3.63, 3.8) is 0 Å². The van der Waals surface area contributed by atoms with E-state index in [2.05, 4.69) is 9.97 Å². The topological polar surface area (TPSA) is 126 Å². The van der Waals surface area contributed by atoms with Crippen LogP contribution in [0.25, 0.3) is 90.9 Å². The fraction of sp³-hybridized carbons (Fsp3) is 0. The number of aromatic nitrogens is 4. The molecule has 7 aromatic rings. The summed E-state index contributed by atoms with van der Waals surface area (Å²) in [5.74, 6) is 0. The van der Waals surface area contributed by atoms with Crippen LogP contribution in [0.4, 0.5) is 0 Å². The number of nitrogens with one attached hydrogen (secondary N) is 2. The summed E-state index contributed by atoms with van der Waals surface area (Å²) in [6.45, 7) is 0. The summed E-state index contributed by atoms with van der Waals surface area (Å²) in [7, 11) is 0. The van der Waals surface area contributed by atoms with Gasteiger partial charge in [0.1, 0.15) is 0 Å². The molecule has 16 heteroatoms. The molecular weight excluding hydrogens is 1000 g/mol. The first-order chi connectivity index (χ1) is 29.0. The van der Waals surface area contributed by atoms with Gasteiger partial charge in [0.05, 0.1) is 22.8 Å². The predicted octanol–water partition coefficient (Wildman–Crippen LogP) is 3.85. The van der Waals surface area contributed by atoms with Crippen molar-refractivity contribution < 1.29 is 73.5 Å². The maximum atomic E-state index is 12.1. The van der Waals surface area contributed by atoms with Gasteiger partial charge in [-0.1, -0.05) is 48.5 Å². The molecule has 0 aliphatic carbocycles. The summed E-state index contributed by atoms with van der Waals surface area (Å²) in [5.41, 5.74) is 12.9. The zero-order valence-electron chi connectivity index (χ0n) is 32.4. The molecule has 5 heterocycles. The van der Waals surface area contributed by atoms with Gasteiger partial charge in [0.25, 0.3) is 21.0 Å². The Labute approximate surface area is 414 Å². The Morgan fingerprint density at radius 3 is 0.688 bits per heavy atom. The average molecular weight is 1030 g/mol. The fourth-order valence-electron chi connectivity index (χ4n) is 7.49. The second kappa shape index (κ2) is 20.7. The van der Waals surface area contributed by atoms with Gasteiger partial charge in [0.2, 0.25) is 0 Å². The zero-order chi connectivity index (χ0) is 41.7. The quantitative estimate of drug-likeness (QED) is 0.176. The van der Waals surface area contributed by atoms with Gasteiger partial charge < -0.3 is 47.2 Å². The molecule has 2 aliphatic rings. The molecule has 2 aliphatic heterocycles. The van der Waals surface area contributed by atoms with E-state index in [1.54, 1.807) is 48.5 Å². The third kappa shape index (κ3) is 9.70. The smallest absolute Gasteiger partial charge is 1.00 e. The van der Waals surface area contributed by atoms with Gasteiger partial charge in [0, 0.05) is 66.6 Å². The van der Waals surface area contributed by atoms with Crippen LogP contribution in [0.3, 0.4) is 0 Å². The van der Waals surface area contributed by atoms with Crippen molar-refractivity contribution in [2.24, 2.45) is 0 Å². The molecule has 8 bridgehead atoms. The first kappa shape index (κ1) is 49.7. The Bertz CT molecular complexity index is 2780. The largest absolute Gasteiger partial charge is 3.00 e. The number of H-pyrrole nitrogens is 2. The summed E-state index contributed by atoms with van der Waals surface area (Å²) in [4.78, 5) is 66.0. The van der Waals surface area contributed by atoms with Crippen LogP contribution in [-0.4, -0.2) is 40.9 Å². The third-order valence-corrected chi connectivity index (χ3v) is 11.2. The minimum absolute atomic E-state index is 0. The van der Waals surface area contributed by atoms with E-state index in [1.807, 2.05) is 97.1 Å². The van der Waals surface area contributed by atoms with Gasteiger partial charge >= 0.3 is 17.1 Å². The number of hydrogen-bond acceptors (Lipinski definition) is 6. The SMILES string of the molecule is O=C(Cl)c1ccc(-c2c3nc(c(-c4ccc(C(=O)Cl)cc4)c4ccc([nH]4)c(-c4ccc(C(=O)Cl)cc4)c4nc(c(-c5ccc(C(=O)Cl)cc5)c5ccc2[nH]5)C=C4)C=C3)cc1.[Cl-].[Cl-].[Cl-].[Mn+3]. The molecule has 8 nitrogen and oxygen atoms in total. The van der Waals surface area contributed by atoms with E-state index < -0.39 is 21.0 Å². The van der Waals surface area contributed by atoms with Crippen molar-refractivity contribution in [1.29, 1.82) is 0 Å². The Balaban J connectivity index is 0.00000193. The third-order valence-electron chi connectivity index (χ3n) is 10.4. The van der Waals surface area contributed by atoms with Crippen molar-refractivity contribution in [1.82, 2.24) is 19.9 Å². The number of benzene rings is 4. The van der Waals surface area contributed by atoms with Crippen molar-refractivity contribution >= 4 is 114 Å². The number of carbonyl (C=O) groups excluding carboxylic acids is 4. The maximum absolute atomic E-state index is 12.1. The molecule has 2 N–H and O–H groups in total. The molecule has 0 unspecified atom stereocenters. The van der Waals surface area contributed by atoms with E-state index >= 15 is 0 Å². The normalized spacial score (nSPS) is 11.1. The van der Waals surface area contributed by atoms with Crippen LogP contribution in [0.2, 0.25) is 0 Å². The summed E-state index contributed by atoms with van der Waals surface area (Å²) < 4.78 is 0. The molecule has 318 valence electrons. The van der Waals surface area contributed by atoms with Crippen LogP contribution < -0.4 is 37.2 Å². The number of rotatable bonds is 8. The summed E-state index contributed by atoms with van der Waals surface area (Å²) in [6.07, 6.45) is 7.72. The molecule has 0 amide bonds. The van der Waals surface area contributed by atoms with Crippen LogP contribution in [0.15, 0.2) is 121 Å². The number of carbonyl (C=O) groups is 4. The van der Waals surface area contributed by atoms with Crippen LogP contribution in [0.5, 0.6) is 0 Å². The van der Waals surface area contributed by atoms with Crippen molar-refractivity contribution in [2.45, 2.75) is 0 Å². The number of halogens is 7. The van der Waals surface area contributed by atoms with Crippen LogP contribution in [0.1, 0.15) is 64.2 Å². The summed E-state index contributed by atoms with van der Waals surface area (Å²) in [5, 5.41) is -2.29. The van der Waals surface area contributed by atoms with Crippen LogP contribution in [0, 0.1) is 0 Å². The molecule has 0 spiro atoms. The van der Waals surface area contributed by atoms with E-state index in [1.165, 1.54) is 0 Å². The first-order valence-corrected chi connectivity index (χ1v) is 19.9. The number of hydrogen-bond donors (Lipinski definition) is 2. The molecular formula is C48H26Cl7MnN4O4. The maximum Gasteiger partial charge on any atom is 3.00 e.